The predicted molar refractivity (Wildman–Crippen MR) is 53.0 cm³/mol. The number of hydrogen-bond donors (Lipinski definition) is 0. The molecule has 0 aliphatic rings. The number of aromatic nitrogens is 2. The maximum atomic E-state index is 5.47. The number of para-hydroxylation sites is 1. The molecule has 0 N–H and O–H groups in total. The zero-order valence-electron chi connectivity index (χ0n) is 7.55. The summed E-state index contributed by atoms with van der Waals surface area (Å²) in [7, 11) is 0. The molecule has 0 saturated carbocycles. The monoisotopic (exact) mass is 185 g/mol. The van der Waals surface area contributed by atoms with Crippen molar-refractivity contribution in [2.24, 2.45) is 0 Å². The number of hydrogen-bond acceptors (Lipinski definition) is 3. The summed E-state index contributed by atoms with van der Waals surface area (Å²) >= 11 is 0. The lowest BCUT2D eigenvalue weighted by molar-refractivity contribution is 0.458. The highest BCUT2D eigenvalue weighted by Crippen LogP contribution is 2.21. The Balaban J connectivity index is 2.24. The summed E-state index contributed by atoms with van der Waals surface area (Å²) in [6.45, 7) is 3.84. The Morgan fingerprint density at radius 1 is 1.14 bits per heavy atom. The van der Waals surface area contributed by atoms with Crippen LogP contribution in [0.25, 0.3) is 0 Å². The molecule has 14 heavy (non-hydrogen) atoms. The smallest absolute Gasteiger partial charge is 0.237 e. The number of benzene rings is 1. The van der Waals surface area contributed by atoms with Gasteiger partial charge in [-0.2, -0.15) is 0 Å². The highest BCUT2D eigenvalue weighted by Gasteiger charge is 1.99. The van der Waals surface area contributed by atoms with Crippen LogP contribution in [0.1, 0.15) is 5.56 Å². The van der Waals surface area contributed by atoms with Gasteiger partial charge in [0.05, 0.1) is 6.20 Å². The van der Waals surface area contributed by atoms with E-state index in [-0.39, 0.29) is 0 Å². The number of ether oxygens (including phenoxy) is 1. The van der Waals surface area contributed by atoms with Crippen molar-refractivity contribution in [2.75, 3.05) is 0 Å². The molecule has 0 aliphatic carbocycles. The van der Waals surface area contributed by atoms with E-state index in [9.17, 15) is 0 Å². The van der Waals surface area contributed by atoms with Crippen LogP contribution in [0, 0.1) is 6.92 Å². The molecule has 0 bridgehead atoms. The third-order valence-electron chi connectivity index (χ3n) is 1.73. The summed E-state index contributed by atoms with van der Waals surface area (Å²) in [6, 6.07) is 7.52. The largest absolute Gasteiger partial charge is 0.437 e. The van der Waals surface area contributed by atoms with E-state index in [1.54, 1.807) is 18.6 Å². The van der Waals surface area contributed by atoms with E-state index in [4.69, 9.17) is 4.74 Å². The quantitative estimate of drug-likeness (QED) is 0.720. The lowest BCUT2D eigenvalue weighted by Gasteiger charge is -2.05. The minimum atomic E-state index is 0.476. The Labute approximate surface area is 82.4 Å². The number of nitrogens with zero attached hydrogens (tertiary/aromatic N) is 2. The second-order valence-electron chi connectivity index (χ2n) is 2.75. The van der Waals surface area contributed by atoms with E-state index in [1.807, 2.05) is 24.3 Å². The minimum Gasteiger partial charge on any atom is -0.437 e. The van der Waals surface area contributed by atoms with Crippen LogP contribution < -0.4 is 4.74 Å². The van der Waals surface area contributed by atoms with E-state index < -0.39 is 0 Å². The van der Waals surface area contributed by atoms with E-state index >= 15 is 0 Å². The summed E-state index contributed by atoms with van der Waals surface area (Å²) in [6.07, 6.45) is 4.75. The van der Waals surface area contributed by atoms with Gasteiger partial charge in [0.1, 0.15) is 5.75 Å². The van der Waals surface area contributed by atoms with Gasteiger partial charge in [-0.15, -0.1) is 0 Å². The van der Waals surface area contributed by atoms with Crippen LogP contribution in [0.4, 0.5) is 0 Å². The Bertz CT molecular complexity index is 415. The molecule has 0 amide bonds. The maximum absolute atomic E-state index is 5.47. The molecule has 0 unspecified atom stereocenters. The summed E-state index contributed by atoms with van der Waals surface area (Å²) in [4.78, 5) is 7.91. The molecule has 2 aromatic rings. The minimum absolute atomic E-state index is 0.476. The molecule has 0 saturated heterocycles. The summed E-state index contributed by atoms with van der Waals surface area (Å²) < 4.78 is 5.47. The Morgan fingerprint density at radius 2 is 2.00 bits per heavy atom. The molecule has 0 aliphatic heterocycles. The van der Waals surface area contributed by atoms with E-state index in [1.165, 1.54) is 0 Å². The van der Waals surface area contributed by atoms with Gasteiger partial charge in [0.15, 0.2) is 0 Å². The van der Waals surface area contributed by atoms with Gasteiger partial charge in [0.2, 0.25) is 5.88 Å². The summed E-state index contributed by atoms with van der Waals surface area (Å²) in [5, 5.41) is 0. The van der Waals surface area contributed by atoms with E-state index in [0.717, 1.165) is 5.56 Å². The second-order valence-corrected chi connectivity index (χ2v) is 2.75. The molecule has 0 fully saturated rings. The molecule has 3 heteroatoms. The van der Waals surface area contributed by atoms with Crippen molar-refractivity contribution in [1.29, 1.82) is 0 Å². The van der Waals surface area contributed by atoms with Crippen LogP contribution >= 0.6 is 0 Å². The van der Waals surface area contributed by atoms with Gasteiger partial charge in [0.25, 0.3) is 0 Å². The lowest BCUT2D eigenvalue weighted by atomic mass is 10.2. The fourth-order valence-corrected chi connectivity index (χ4v) is 1.05. The van der Waals surface area contributed by atoms with Crippen LogP contribution in [0.5, 0.6) is 11.6 Å². The summed E-state index contributed by atoms with van der Waals surface area (Å²) in [5.41, 5.74) is 0.832. The predicted octanol–water partition coefficient (Wildman–Crippen LogP) is 2.45. The molecular weight excluding hydrogens is 176 g/mol. The Morgan fingerprint density at radius 3 is 2.71 bits per heavy atom. The topological polar surface area (TPSA) is 35.0 Å². The highest BCUT2D eigenvalue weighted by molar-refractivity contribution is 5.37. The van der Waals surface area contributed by atoms with Crippen molar-refractivity contribution in [3.8, 4) is 11.6 Å². The Kier molecular flexibility index (Phi) is 2.40. The van der Waals surface area contributed by atoms with Gasteiger partial charge >= 0.3 is 0 Å². The molecule has 0 atom stereocenters. The number of rotatable bonds is 2. The first-order valence-corrected chi connectivity index (χ1v) is 4.21. The maximum Gasteiger partial charge on any atom is 0.237 e. The molecule has 2 rings (SSSR count). The molecule has 0 spiro atoms. The lowest BCUT2D eigenvalue weighted by Crippen LogP contribution is -1.89. The van der Waals surface area contributed by atoms with Gasteiger partial charge in [-0.25, -0.2) is 4.98 Å². The van der Waals surface area contributed by atoms with Crippen LogP contribution in [0.2, 0.25) is 0 Å². The van der Waals surface area contributed by atoms with Gasteiger partial charge < -0.3 is 4.74 Å². The average Bonchev–Trinajstić information content (AvgIpc) is 2.23. The third kappa shape index (κ3) is 1.88. The molecule has 1 heterocycles. The average molecular weight is 185 g/mol. The molecular formula is C11H9N2O. The molecule has 69 valence electrons. The van der Waals surface area contributed by atoms with Crippen molar-refractivity contribution in [2.45, 2.75) is 0 Å². The summed E-state index contributed by atoms with van der Waals surface area (Å²) in [5.74, 6) is 1.18. The molecule has 1 aromatic heterocycles. The van der Waals surface area contributed by atoms with Gasteiger partial charge in [-0.1, -0.05) is 18.2 Å². The van der Waals surface area contributed by atoms with Crippen molar-refractivity contribution in [3.63, 3.8) is 0 Å². The van der Waals surface area contributed by atoms with Crippen molar-refractivity contribution < 1.29 is 4.74 Å². The highest BCUT2D eigenvalue weighted by atomic mass is 16.5. The first-order valence-electron chi connectivity index (χ1n) is 4.21. The van der Waals surface area contributed by atoms with Gasteiger partial charge in [-0.3, -0.25) is 4.98 Å². The zero-order valence-corrected chi connectivity index (χ0v) is 7.55. The molecule has 1 radical (unpaired) electrons. The fourth-order valence-electron chi connectivity index (χ4n) is 1.05. The van der Waals surface area contributed by atoms with Crippen molar-refractivity contribution in [3.05, 3.63) is 55.3 Å². The Hall–Kier alpha value is -1.90. The standard InChI is InChI=1S/C11H9N2O/c1-9-4-2-3-5-10(9)14-11-8-12-6-7-13-11/h2-8H,1H2. The molecule has 3 nitrogen and oxygen atoms in total. The second kappa shape index (κ2) is 3.87. The van der Waals surface area contributed by atoms with Gasteiger partial charge in [0, 0.05) is 12.4 Å². The zero-order chi connectivity index (χ0) is 9.80. The normalized spacial score (nSPS) is 9.79. The fraction of sp³-hybridized carbons (Fsp3) is 0. The van der Waals surface area contributed by atoms with Crippen LogP contribution in [0.3, 0.4) is 0 Å². The van der Waals surface area contributed by atoms with Crippen molar-refractivity contribution in [1.82, 2.24) is 9.97 Å². The van der Waals surface area contributed by atoms with E-state index in [0.29, 0.717) is 11.6 Å². The first-order chi connectivity index (χ1) is 6.86. The van der Waals surface area contributed by atoms with E-state index in [2.05, 4.69) is 16.9 Å². The SMILES string of the molecule is [CH2]c1ccccc1Oc1cnccn1. The van der Waals surface area contributed by atoms with Crippen LogP contribution in [0.15, 0.2) is 42.9 Å². The van der Waals surface area contributed by atoms with Crippen molar-refractivity contribution >= 4 is 0 Å². The van der Waals surface area contributed by atoms with Crippen LogP contribution in [-0.4, -0.2) is 9.97 Å². The third-order valence-corrected chi connectivity index (χ3v) is 1.73. The first kappa shape index (κ1) is 8.69. The van der Waals surface area contributed by atoms with Gasteiger partial charge in [-0.05, 0) is 18.6 Å². The van der Waals surface area contributed by atoms with Crippen LogP contribution in [-0.2, 0) is 0 Å². The molecule has 1 aromatic carbocycles.